The Bertz CT molecular complexity index is 382. The number of ketones is 1. The molecule has 1 unspecified atom stereocenters. The van der Waals surface area contributed by atoms with Crippen molar-refractivity contribution < 1.29 is 4.79 Å². The second kappa shape index (κ2) is 2.92. The summed E-state index contributed by atoms with van der Waals surface area (Å²) in [4.78, 5) is 11.8. The van der Waals surface area contributed by atoms with Crippen LogP contribution in [0.15, 0.2) is 24.3 Å². The first-order valence-electron chi connectivity index (χ1n) is 4.92. The molecule has 1 atom stereocenters. The maximum absolute atomic E-state index is 11.8. The largest absolute Gasteiger partial charge is 0.321 e. The molecular weight excluding hydrogens is 174 g/mol. The predicted molar refractivity (Wildman–Crippen MR) is 56.4 cm³/mol. The lowest BCUT2D eigenvalue weighted by atomic mass is 9.70. The molecule has 2 heteroatoms. The van der Waals surface area contributed by atoms with Gasteiger partial charge in [-0.2, -0.15) is 0 Å². The molecule has 0 heterocycles. The van der Waals surface area contributed by atoms with Gasteiger partial charge in [0.05, 0.1) is 6.04 Å². The molecule has 0 bridgehead atoms. The highest BCUT2D eigenvalue weighted by Gasteiger charge is 2.35. The molecule has 14 heavy (non-hydrogen) atoms. The van der Waals surface area contributed by atoms with Crippen molar-refractivity contribution in [1.82, 2.24) is 0 Å². The van der Waals surface area contributed by atoms with Crippen molar-refractivity contribution in [1.29, 1.82) is 0 Å². The van der Waals surface area contributed by atoms with Gasteiger partial charge in [-0.15, -0.1) is 0 Å². The van der Waals surface area contributed by atoms with Gasteiger partial charge < -0.3 is 5.73 Å². The Morgan fingerprint density at radius 2 is 2.00 bits per heavy atom. The van der Waals surface area contributed by atoms with Crippen molar-refractivity contribution in [3.8, 4) is 0 Å². The Morgan fingerprint density at radius 1 is 1.36 bits per heavy atom. The summed E-state index contributed by atoms with van der Waals surface area (Å²) in [6.07, 6.45) is 0.739. The second-order valence-corrected chi connectivity index (χ2v) is 4.60. The van der Waals surface area contributed by atoms with Crippen LogP contribution in [0.4, 0.5) is 0 Å². The van der Waals surface area contributed by atoms with Crippen molar-refractivity contribution in [2.75, 3.05) is 0 Å². The summed E-state index contributed by atoms with van der Waals surface area (Å²) in [7, 11) is 0. The fourth-order valence-electron chi connectivity index (χ4n) is 2.24. The summed E-state index contributed by atoms with van der Waals surface area (Å²) in [5.41, 5.74) is 7.77. The van der Waals surface area contributed by atoms with Crippen LogP contribution >= 0.6 is 0 Å². The van der Waals surface area contributed by atoms with Crippen molar-refractivity contribution in [3.63, 3.8) is 0 Å². The Morgan fingerprint density at radius 3 is 2.71 bits per heavy atom. The van der Waals surface area contributed by atoms with E-state index in [0.717, 1.165) is 17.5 Å². The zero-order valence-corrected chi connectivity index (χ0v) is 8.58. The molecule has 2 nitrogen and oxygen atoms in total. The summed E-state index contributed by atoms with van der Waals surface area (Å²) in [5.74, 6) is 0.0833. The van der Waals surface area contributed by atoms with E-state index in [1.54, 1.807) is 0 Å². The van der Waals surface area contributed by atoms with Crippen LogP contribution in [-0.4, -0.2) is 11.8 Å². The van der Waals surface area contributed by atoms with E-state index in [1.165, 1.54) is 0 Å². The number of hydrogen-bond donors (Lipinski definition) is 1. The van der Waals surface area contributed by atoms with Gasteiger partial charge in [0.1, 0.15) is 0 Å². The molecule has 2 rings (SSSR count). The molecule has 1 aliphatic rings. The minimum Gasteiger partial charge on any atom is -0.321 e. The third-order valence-corrected chi connectivity index (χ3v) is 2.99. The smallest absolute Gasteiger partial charge is 0.179 e. The average molecular weight is 189 g/mol. The first-order valence-corrected chi connectivity index (χ1v) is 4.92. The number of carbonyl (C=O) groups excluding carboxylic acids is 1. The normalized spacial score (nSPS) is 24.5. The standard InChI is InChI=1S/C12H15NO/c1-12(2)7-10(13)11(14)8-5-3-4-6-9(8)12/h3-6,10H,7,13H2,1-2H3. The number of hydrogen-bond acceptors (Lipinski definition) is 2. The van der Waals surface area contributed by atoms with Crippen LogP contribution in [-0.2, 0) is 5.41 Å². The van der Waals surface area contributed by atoms with E-state index in [1.807, 2.05) is 24.3 Å². The molecule has 0 spiro atoms. The van der Waals surface area contributed by atoms with Crippen LogP contribution in [0.5, 0.6) is 0 Å². The van der Waals surface area contributed by atoms with Crippen LogP contribution in [0.1, 0.15) is 36.2 Å². The molecule has 1 aliphatic carbocycles. The highest BCUT2D eigenvalue weighted by atomic mass is 16.1. The summed E-state index contributed by atoms with van der Waals surface area (Å²) in [6.45, 7) is 4.27. The molecule has 0 aliphatic heterocycles. The number of benzene rings is 1. The summed E-state index contributed by atoms with van der Waals surface area (Å²) < 4.78 is 0. The maximum Gasteiger partial charge on any atom is 0.179 e. The van der Waals surface area contributed by atoms with Gasteiger partial charge in [-0.3, -0.25) is 4.79 Å². The lowest BCUT2D eigenvalue weighted by Crippen LogP contribution is -2.42. The fourth-order valence-corrected chi connectivity index (χ4v) is 2.24. The van der Waals surface area contributed by atoms with Gasteiger partial charge in [-0.05, 0) is 17.4 Å². The van der Waals surface area contributed by atoms with Gasteiger partial charge in [-0.25, -0.2) is 0 Å². The van der Waals surface area contributed by atoms with Crippen molar-refractivity contribution in [2.45, 2.75) is 31.7 Å². The summed E-state index contributed by atoms with van der Waals surface area (Å²) >= 11 is 0. The van der Waals surface area contributed by atoms with Crippen molar-refractivity contribution >= 4 is 5.78 Å². The van der Waals surface area contributed by atoms with E-state index in [2.05, 4.69) is 13.8 Å². The Hall–Kier alpha value is -1.15. The number of rotatable bonds is 0. The monoisotopic (exact) mass is 189 g/mol. The molecule has 0 fully saturated rings. The average Bonchev–Trinajstić information content (AvgIpc) is 2.14. The third kappa shape index (κ3) is 1.26. The van der Waals surface area contributed by atoms with Gasteiger partial charge in [0, 0.05) is 5.56 Å². The topological polar surface area (TPSA) is 43.1 Å². The van der Waals surface area contributed by atoms with Crippen molar-refractivity contribution in [2.24, 2.45) is 5.73 Å². The van der Waals surface area contributed by atoms with E-state index in [9.17, 15) is 4.79 Å². The number of Topliss-reactive ketones (excluding diaryl/α,β-unsaturated/α-hetero) is 1. The first-order chi connectivity index (χ1) is 6.52. The van der Waals surface area contributed by atoms with Crippen LogP contribution in [0, 0.1) is 0 Å². The number of nitrogens with two attached hydrogens (primary N) is 1. The molecule has 74 valence electrons. The van der Waals surface area contributed by atoms with Crippen LogP contribution < -0.4 is 5.73 Å². The molecule has 2 N–H and O–H groups in total. The molecule has 0 radical (unpaired) electrons. The van der Waals surface area contributed by atoms with Gasteiger partial charge in [0.25, 0.3) is 0 Å². The highest BCUT2D eigenvalue weighted by Crippen LogP contribution is 2.35. The molecule has 1 aromatic carbocycles. The fraction of sp³-hybridized carbons (Fsp3) is 0.417. The lowest BCUT2D eigenvalue weighted by Gasteiger charge is -2.34. The van der Waals surface area contributed by atoms with Gasteiger partial charge >= 0.3 is 0 Å². The van der Waals surface area contributed by atoms with Crippen LogP contribution in [0.2, 0.25) is 0 Å². The molecule has 0 aromatic heterocycles. The van der Waals surface area contributed by atoms with Crippen LogP contribution in [0.3, 0.4) is 0 Å². The van der Waals surface area contributed by atoms with Crippen molar-refractivity contribution in [3.05, 3.63) is 35.4 Å². The van der Waals surface area contributed by atoms with E-state index in [-0.39, 0.29) is 17.2 Å². The number of fused-ring (bicyclic) bond motifs is 1. The van der Waals surface area contributed by atoms with Gasteiger partial charge in [-0.1, -0.05) is 38.1 Å². The van der Waals surface area contributed by atoms with E-state index in [4.69, 9.17) is 5.73 Å². The quantitative estimate of drug-likeness (QED) is 0.677. The van der Waals surface area contributed by atoms with E-state index < -0.39 is 0 Å². The first kappa shape index (κ1) is 9.41. The molecule has 0 saturated heterocycles. The highest BCUT2D eigenvalue weighted by molar-refractivity contribution is 6.02. The third-order valence-electron chi connectivity index (χ3n) is 2.99. The predicted octanol–water partition coefficient (Wildman–Crippen LogP) is 1.88. The molecule has 0 amide bonds. The van der Waals surface area contributed by atoms with Crippen LogP contribution in [0.25, 0.3) is 0 Å². The SMILES string of the molecule is CC1(C)CC(N)C(=O)c2ccccc21. The second-order valence-electron chi connectivity index (χ2n) is 4.60. The minimum atomic E-state index is -0.333. The lowest BCUT2D eigenvalue weighted by molar-refractivity contribution is 0.0929. The maximum atomic E-state index is 11.8. The zero-order chi connectivity index (χ0) is 10.3. The summed E-state index contributed by atoms with van der Waals surface area (Å²) in [5, 5.41) is 0. The molecule has 1 aromatic rings. The Balaban J connectivity index is 2.62. The Labute approximate surface area is 84.1 Å². The zero-order valence-electron chi connectivity index (χ0n) is 8.58. The van der Waals surface area contributed by atoms with E-state index in [0.29, 0.717) is 0 Å². The van der Waals surface area contributed by atoms with Gasteiger partial charge in [0.2, 0.25) is 0 Å². The number of carbonyl (C=O) groups is 1. The summed E-state index contributed by atoms with van der Waals surface area (Å²) in [6, 6.07) is 7.44. The van der Waals surface area contributed by atoms with E-state index >= 15 is 0 Å². The van der Waals surface area contributed by atoms with Gasteiger partial charge in [0.15, 0.2) is 5.78 Å². The molecule has 0 saturated carbocycles. The Kier molecular flexibility index (Phi) is 1.96. The minimum absolute atomic E-state index is 0.0178. The molecular formula is C12H15NO.